The van der Waals surface area contributed by atoms with Gasteiger partial charge in [-0.25, -0.2) is 13.5 Å². The minimum atomic E-state index is -0.762. The molecular formula is C15H17F2N3O2. The molecule has 0 fully saturated rings. The SMILES string of the molecule is CCC(CCO)NC(=O)c1ccn(-c2c(F)cccc2F)n1. The number of carbonyl (C=O) groups excluding carboxylic acids is 1. The van der Waals surface area contributed by atoms with E-state index in [1.165, 1.54) is 18.3 Å². The second kappa shape index (κ2) is 7.13. The molecule has 1 atom stereocenters. The highest BCUT2D eigenvalue weighted by Gasteiger charge is 2.17. The van der Waals surface area contributed by atoms with Crippen LogP contribution in [0.25, 0.3) is 5.69 Å². The standard InChI is InChI=1S/C15H17F2N3O2/c1-2-10(7-9-21)18-15(22)13-6-8-20(19-13)14-11(16)4-3-5-12(14)17/h3-6,8,10,21H,2,7,9H2,1H3,(H,18,22). The Morgan fingerprint density at radius 3 is 2.64 bits per heavy atom. The molecule has 2 aromatic rings. The molecule has 5 nitrogen and oxygen atoms in total. The monoisotopic (exact) mass is 309 g/mol. The van der Waals surface area contributed by atoms with E-state index < -0.39 is 17.5 Å². The molecule has 2 rings (SSSR count). The van der Waals surface area contributed by atoms with Crippen LogP contribution in [-0.4, -0.2) is 33.4 Å². The van der Waals surface area contributed by atoms with Crippen LogP contribution in [0.3, 0.4) is 0 Å². The van der Waals surface area contributed by atoms with Crippen molar-refractivity contribution in [2.75, 3.05) is 6.61 Å². The highest BCUT2D eigenvalue weighted by Crippen LogP contribution is 2.16. The van der Waals surface area contributed by atoms with Gasteiger partial charge in [0.05, 0.1) is 0 Å². The number of halogens is 2. The number of hydrogen-bond donors (Lipinski definition) is 2. The van der Waals surface area contributed by atoms with Gasteiger partial charge in [0.1, 0.15) is 5.69 Å². The predicted octanol–water partition coefficient (Wildman–Crippen LogP) is 2.04. The van der Waals surface area contributed by atoms with E-state index in [0.717, 1.165) is 16.8 Å². The molecule has 0 aliphatic carbocycles. The number of amides is 1. The molecule has 0 aliphatic rings. The van der Waals surface area contributed by atoms with Crippen LogP contribution in [0, 0.1) is 11.6 Å². The Morgan fingerprint density at radius 2 is 2.05 bits per heavy atom. The molecule has 1 heterocycles. The molecule has 7 heteroatoms. The van der Waals surface area contributed by atoms with E-state index in [0.29, 0.717) is 12.8 Å². The second-order valence-corrected chi connectivity index (χ2v) is 4.81. The summed E-state index contributed by atoms with van der Waals surface area (Å²) in [7, 11) is 0. The summed E-state index contributed by atoms with van der Waals surface area (Å²) in [4.78, 5) is 12.0. The first-order valence-electron chi connectivity index (χ1n) is 6.98. The number of nitrogens with one attached hydrogen (secondary N) is 1. The maximum Gasteiger partial charge on any atom is 0.272 e. The fourth-order valence-corrected chi connectivity index (χ4v) is 2.07. The third-order valence-corrected chi connectivity index (χ3v) is 3.29. The summed E-state index contributed by atoms with van der Waals surface area (Å²) in [6.07, 6.45) is 2.42. The lowest BCUT2D eigenvalue weighted by atomic mass is 10.1. The van der Waals surface area contributed by atoms with Gasteiger partial charge in [-0.15, -0.1) is 0 Å². The Labute approximate surface area is 126 Å². The van der Waals surface area contributed by atoms with Crippen molar-refractivity contribution in [3.63, 3.8) is 0 Å². The lowest BCUT2D eigenvalue weighted by Crippen LogP contribution is -2.35. The van der Waals surface area contributed by atoms with E-state index in [1.54, 1.807) is 0 Å². The summed E-state index contributed by atoms with van der Waals surface area (Å²) in [5.41, 5.74) is -0.275. The smallest absolute Gasteiger partial charge is 0.272 e. The van der Waals surface area contributed by atoms with Crippen LogP contribution in [0.4, 0.5) is 8.78 Å². The summed E-state index contributed by atoms with van der Waals surface area (Å²) >= 11 is 0. The summed E-state index contributed by atoms with van der Waals surface area (Å²) < 4.78 is 28.4. The van der Waals surface area contributed by atoms with E-state index in [-0.39, 0.29) is 24.0 Å². The zero-order valence-corrected chi connectivity index (χ0v) is 12.1. The quantitative estimate of drug-likeness (QED) is 0.858. The molecular weight excluding hydrogens is 292 g/mol. The highest BCUT2D eigenvalue weighted by atomic mass is 19.1. The minimum Gasteiger partial charge on any atom is -0.396 e. The van der Waals surface area contributed by atoms with Gasteiger partial charge in [0, 0.05) is 18.8 Å². The molecule has 1 unspecified atom stereocenters. The van der Waals surface area contributed by atoms with Crippen molar-refractivity contribution in [2.24, 2.45) is 0 Å². The maximum absolute atomic E-state index is 13.7. The van der Waals surface area contributed by atoms with Crippen molar-refractivity contribution in [2.45, 2.75) is 25.8 Å². The summed E-state index contributed by atoms with van der Waals surface area (Å²) in [5, 5.41) is 15.5. The van der Waals surface area contributed by atoms with Crippen molar-refractivity contribution in [3.8, 4) is 5.69 Å². The number of aliphatic hydroxyl groups is 1. The Morgan fingerprint density at radius 1 is 1.36 bits per heavy atom. The molecule has 1 amide bonds. The number of benzene rings is 1. The Hall–Kier alpha value is -2.28. The number of hydrogen-bond acceptors (Lipinski definition) is 3. The zero-order chi connectivity index (χ0) is 16.1. The van der Waals surface area contributed by atoms with Crippen LogP contribution in [0.2, 0.25) is 0 Å². The number of aliphatic hydroxyl groups excluding tert-OH is 1. The van der Waals surface area contributed by atoms with Crippen LogP contribution >= 0.6 is 0 Å². The average Bonchev–Trinajstić information content (AvgIpc) is 2.96. The van der Waals surface area contributed by atoms with Gasteiger partial charge in [0.2, 0.25) is 0 Å². The Bertz CT molecular complexity index is 638. The van der Waals surface area contributed by atoms with Gasteiger partial charge in [-0.3, -0.25) is 4.79 Å². The molecule has 1 aromatic heterocycles. The molecule has 1 aromatic carbocycles. The van der Waals surface area contributed by atoms with Gasteiger partial charge in [-0.05, 0) is 31.0 Å². The molecule has 0 saturated carbocycles. The van der Waals surface area contributed by atoms with Crippen LogP contribution < -0.4 is 5.32 Å². The lowest BCUT2D eigenvalue weighted by Gasteiger charge is -2.14. The molecule has 0 spiro atoms. The zero-order valence-electron chi connectivity index (χ0n) is 12.1. The number of rotatable bonds is 6. The van der Waals surface area contributed by atoms with Crippen molar-refractivity contribution in [1.82, 2.24) is 15.1 Å². The first-order valence-corrected chi connectivity index (χ1v) is 6.98. The Balaban J connectivity index is 2.19. The number of para-hydroxylation sites is 1. The van der Waals surface area contributed by atoms with Gasteiger partial charge >= 0.3 is 0 Å². The second-order valence-electron chi connectivity index (χ2n) is 4.81. The summed E-state index contributed by atoms with van der Waals surface area (Å²) in [5.74, 6) is -1.97. The first kappa shape index (κ1) is 16.1. The molecule has 118 valence electrons. The maximum atomic E-state index is 13.7. The van der Waals surface area contributed by atoms with Gasteiger partial charge in [-0.2, -0.15) is 5.10 Å². The van der Waals surface area contributed by atoms with Gasteiger partial charge in [0.25, 0.3) is 5.91 Å². The fourth-order valence-electron chi connectivity index (χ4n) is 2.07. The third-order valence-electron chi connectivity index (χ3n) is 3.29. The molecule has 2 N–H and O–H groups in total. The summed E-state index contributed by atoms with van der Waals surface area (Å²) in [6, 6.07) is 4.70. The van der Waals surface area contributed by atoms with E-state index in [2.05, 4.69) is 10.4 Å². The highest BCUT2D eigenvalue weighted by molar-refractivity contribution is 5.92. The van der Waals surface area contributed by atoms with Crippen LogP contribution in [0.15, 0.2) is 30.5 Å². The van der Waals surface area contributed by atoms with E-state index >= 15 is 0 Å². The minimum absolute atomic E-state index is 0.0341. The van der Waals surface area contributed by atoms with Crippen molar-refractivity contribution < 1.29 is 18.7 Å². The van der Waals surface area contributed by atoms with Gasteiger partial charge in [-0.1, -0.05) is 13.0 Å². The number of aromatic nitrogens is 2. The van der Waals surface area contributed by atoms with Gasteiger partial charge in [0.15, 0.2) is 17.3 Å². The topological polar surface area (TPSA) is 67.2 Å². The first-order chi connectivity index (χ1) is 10.6. The Kier molecular flexibility index (Phi) is 5.21. The van der Waals surface area contributed by atoms with E-state index in [9.17, 15) is 13.6 Å². The molecule has 0 aliphatic heterocycles. The molecule has 0 bridgehead atoms. The number of carbonyl (C=O) groups is 1. The number of nitrogens with zero attached hydrogens (tertiary/aromatic N) is 2. The molecule has 0 radical (unpaired) electrons. The van der Waals surface area contributed by atoms with Crippen LogP contribution in [0.1, 0.15) is 30.3 Å². The molecule has 0 saturated heterocycles. The van der Waals surface area contributed by atoms with Crippen LogP contribution in [-0.2, 0) is 0 Å². The van der Waals surface area contributed by atoms with Gasteiger partial charge < -0.3 is 10.4 Å². The predicted molar refractivity (Wildman–Crippen MR) is 76.7 cm³/mol. The largest absolute Gasteiger partial charge is 0.396 e. The van der Waals surface area contributed by atoms with Crippen molar-refractivity contribution >= 4 is 5.91 Å². The normalized spacial score (nSPS) is 12.2. The van der Waals surface area contributed by atoms with E-state index in [4.69, 9.17) is 5.11 Å². The lowest BCUT2D eigenvalue weighted by molar-refractivity contribution is 0.0923. The average molecular weight is 309 g/mol. The summed E-state index contributed by atoms with van der Waals surface area (Å²) in [6.45, 7) is 1.85. The van der Waals surface area contributed by atoms with Crippen molar-refractivity contribution in [1.29, 1.82) is 0 Å². The van der Waals surface area contributed by atoms with E-state index in [1.807, 2.05) is 6.92 Å². The van der Waals surface area contributed by atoms with Crippen LogP contribution in [0.5, 0.6) is 0 Å². The fraction of sp³-hybridized carbons (Fsp3) is 0.333. The molecule has 22 heavy (non-hydrogen) atoms. The van der Waals surface area contributed by atoms with Crippen molar-refractivity contribution in [3.05, 3.63) is 47.8 Å². The third kappa shape index (κ3) is 3.48.